The molecule has 0 aliphatic heterocycles. The van der Waals surface area contributed by atoms with Crippen LogP contribution < -0.4 is 10.5 Å². The molecule has 0 saturated heterocycles. The van der Waals surface area contributed by atoms with Crippen molar-refractivity contribution in [1.29, 1.82) is 0 Å². The second-order valence-electron chi connectivity index (χ2n) is 4.45. The molecule has 2 rings (SSSR count). The minimum Gasteiger partial charge on any atom is -0.486 e. The second-order valence-corrected chi connectivity index (χ2v) is 5.80. The van der Waals surface area contributed by atoms with E-state index in [-0.39, 0.29) is 18.1 Å². The number of ether oxygens (including phenoxy) is 1. The molecular formula is C15H12BrClFNO2. The van der Waals surface area contributed by atoms with Gasteiger partial charge in [-0.2, -0.15) is 0 Å². The topological polar surface area (TPSA) is 52.3 Å². The molecule has 0 aromatic heterocycles. The average molecular weight is 373 g/mol. The number of hydrogen-bond donors (Lipinski definition) is 1. The van der Waals surface area contributed by atoms with Gasteiger partial charge in [0.25, 0.3) is 0 Å². The van der Waals surface area contributed by atoms with Crippen LogP contribution in [0.2, 0.25) is 5.02 Å². The van der Waals surface area contributed by atoms with E-state index in [4.69, 9.17) is 22.1 Å². The van der Waals surface area contributed by atoms with Crippen LogP contribution in [0.4, 0.5) is 10.1 Å². The Labute approximate surface area is 135 Å². The van der Waals surface area contributed by atoms with Crippen LogP contribution in [-0.2, 0) is 6.61 Å². The summed E-state index contributed by atoms with van der Waals surface area (Å²) < 4.78 is 19.9. The van der Waals surface area contributed by atoms with E-state index in [1.54, 1.807) is 18.2 Å². The maximum Gasteiger partial charge on any atom is 0.163 e. The van der Waals surface area contributed by atoms with E-state index in [2.05, 4.69) is 15.9 Å². The summed E-state index contributed by atoms with van der Waals surface area (Å²) in [5.74, 6) is -0.405. The normalized spacial score (nSPS) is 10.5. The third-order valence-corrected chi connectivity index (χ3v) is 3.54. The van der Waals surface area contributed by atoms with Gasteiger partial charge in [0.15, 0.2) is 11.5 Å². The van der Waals surface area contributed by atoms with Crippen molar-refractivity contribution < 1.29 is 13.9 Å². The number of rotatable bonds is 4. The molecule has 0 atom stereocenters. The van der Waals surface area contributed by atoms with E-state index in [1.165, 1.54) is 19.1 Å². The van der Waals surface area contributed by atoms with Crippen LogP contribution in [0, 0.1) is 5.82 Å². The second kappa shape index (κ2) is 6.45. The molecule has 0 radical (unpaired) electrons. The number of anilines is 1. The summed E-state index contributed by atoms with van der Waals surface area (Å²) in [4.78, 5) is 11.6. The molecule has 21 heavy (non-hydrogen) atoms. The van der Waals surface area contributed by atoms with Crippen molar-refractivity contribution in [2.75, 3.05) is 5.73 Å². The van der Waals surface area contributed by atoms with Gasteiger partial charge in [0, 0.05) is 15.1 Å². The summed E-state index contributed by atoms with van der Waals surface area (Å²) in [6.45, 7) is 1.37. The SMILES string of the molecule is CC(=O)c1cc(Br)cc(N)c1OCc1ccc(Cl)cc1F. The highest BCUT2D eigenvalue weighted by atomic mass is 79.9. The van der Waals surface area contributed by atoms with Crippen LogP contribution in [0.3, 0.4) is 0 Å². The van der Waals surface area contributed by atoms with Crippen LogP contribution in [0.15, 0.2) is 34.8 Å². The molecule has 0 saturated carbocycles. The molecular weight excluding hydrogens is 361 g/mol. The number of carbonyl (C=O) groups excluding carboxylic acids is 1. The van der Waals surface area contributed by atoms with E-state index in [0.717, 1.165) is 0 Å². The summed E-state index contributed by atoms with van der Waals surface area (Å²) >= 11 is 8.96. The van der Waals surface area contributed by atoms with Crippen molar-refractivity contribution >= 4 is 39.0 Å². The van der Waals surface area contributed by atoms with Crippen LogP contribution in [0.1, 0.15) is 22.8 Å². The van der Waals surface area contributed by atoms with Gasteiger partial charge in [-0.1, -0.05) is 33.6 Å². The Balaban J connectivity index is 2.29. The Morgan fingerprint density at radius 2 is 2.10 bits per heavy atom. The lowest BCUT2D eigenvalue weighted by molar-refractivity contribution is 0.101. The monoisotopic (exact) mass is 371 g/mol. The Morgan fingerprint density at radius 1 is 1.38 bits per heavy atom. The maximum absolute atomic E-state index is 13.7. The first-order valence-electron chi connectivity index (χ1n) is 6.05. The van der Waals surface area contributed by atoms with E-state index in [9.17, 15) is 9.18 Å². The predicted molar refractivity (Wildman–Crippen MR) is 84.3 cm³/mol. The molecule has 3 nitrogen and oxygen atoms in total. The summed E-state index contributed by atoms with van der Waals surface area (Å²) in [5.41, 5.74) is 6.85. The zero-order chi connectivity index (χ0) is 15.6. The lowest BCUT2D eigenvalue weighted by Crippen LogP contribution is -2.06. The molecule has 2 aromatic rings. The van der Waals surface area contributed by atoms with Crippen molar-refractivity contribution in [3.63, 3.8) is 0 Å². The molecule has 2 N–H and O–H groups in total. The molecule has 2 aromatic carbocycles. The fraction of sp³-hybridized carbons (Fsp3) is 0.133. The van der Waals surface area contributed by atoms with Crippen molar-refractivity contribution in [2.24, 2.45) is 0 Å². The van der Waals surface area contributed by atoms with Gasteiger partial charge in [-0.3, -0.25) is 4.79 Å². The van der Waals surface area contributed by atoms with Crippen molar-refractivity contribution in [3.8, 4) is 5.75 Å². The van der Waals surface area contributed by atoms with Crippen LogP contribution in [0.25, 0.3) is 0 Å². The van der Waals surface area contributed by atoms with Gasteiger partial charge < -0.3 is 10.5 Å². The number of halogens is 3. The number of Topliss-reactive ketones (excluding diaryl/α,β-unsaturated/α-hetero) is 1. The number of benzene rings is 2. The zero-order valence-corrected chi connectivity index (χ0v) is 13.5. The van der Waals surface area contributed by atoms with Crippen LogP contribution in [-0.4, -0.2) is 5.78 Å². The quantitative estimate of drug-likeness (QED) is 0.630. The fourth-order valence-electron chi connectivity index (χ4n) is 1.83. The Hall–Kier alpha value is -1.59. The van der Waals surface area contributed by atoms with Gasteiger partial charge in [-0.25, -0.2) is 4.39 Å². The molecule has 110 valence electrons. The molecule has 0 fully saturated rings. The molecule has 0 spiro atoms. The van der Waals surface area contributed by atoms with Gasteiger partial charge in [-0.05, 0) is 31.2 Å². The lowest BCUT2D eigenvalue weighted by Gasteiger charge is -2.13. The van der Waals surface area contributed by atoms with Crippen molar-refractivity contribution in [2.45, 2.75) is 13.5 Å². The number of carbonyl (C=O) groups is 1. The summed E-state index contributed by atoms with van der Waals surface area (Å²) in [7, 11) is 0. The Bertz CT molecular complexity index is 706. The van der Waals surface area contributed by atoms with Crippen molar-refractivity contribution in [1.82, 2.24) is 0 Å². The summed E-state index contributed by atoms with van der Waals surface area (Å²) in [5, 5.41) is 0.309. The zero-order valence-electron chi connectivity index (χ0n) is 11.1. The first kappa shape index (κ1) is 15.8. The van der Waals surface area contributed by atoms with E-state index in [0.29, 0.717) is 26.3 Å². The van der Waals surface area contributed by atoms with Gasteiger partial charge in [0.05, 0.1) is 11.3 Å². The maximum atomic E-state index is 13.7. The highest BCUT2D eigenvalue weighted by Crippen LogP contribution is 2.32. The number of nitrogens with two attached hydrogens (primary N) is 1. The minimum absolute atomic E-state index is 0.0465. The molecule has 6 heteroatoms. The molecule has 0 aliphatic carbocycles. The van der Waals surface area contributed by atoms with Crippen LogP contribution >= 0.6 is 27.5 Å². The third kappa shape index (κ3) is 3.74. The summed E-state index contributed by atoms with van der Waals surface area (Å²) in [6.07, 6.45) is 0. The van der Waals surface area contributed by atoms with Gasteiger partial charge in [0.1, 0.15) is 12.4 Å². The highest BCUT2D eigenvalue weighted by Gasteiger charge is 2.14. The molecule has 0 bridgehead atoms. The largest absolute Gasteiger partial charge is 0.486 e. The molecule has 0 amide bonds. The first-order valence-corrected chi connectivity index (χ1v) is 7.22. The Kier molecular flexibility index (Phi) is 4.85. The van der Waals surface area contributed by atoms with E-state index in [1.807, 2.05) is 0 Å². The third-order valence-electron chi connectivity index (χ3n) is 2.85. The molecule has 0 aliphatic rings. The predicted octanol–water partition coefficient (Wildman–Crippen LogP) is 4.61. The van der Waals surface area contributed by atoms with E-state index < -0.39 is 5.82 Å². The minimum atomic E-state index is -0.470. The first-order chi connectivity index (χ1) is 9.88. The van der Waals surface area contributed by atoms with Crippen molar-refractivity contribution in [3.05, 3.63) is 56.8 Å². The number of hydrogen-bond acceptors (Lipinski definition) is 3. The standard InChI is InChI=1S/C15H12BrClFNO2/c1-8(20)12-4-10(16)5-14(19)15(12)21-7-9-2-3-11(17)6-13(9)18/h2-6H,7,19H2,1H3. The highest BCUT2D eigenvalue weighted by molar-refractivity contribution is 9.10. The lowest BCUT2D eigenvalue weighted by atomic mass is 10.1. The number of nitrogen functional groups attached to an aromatic ring is 1. The van der Waals surface area contributed by atoms with E-state index >= 15 is 0 Å². The Morgan fingerprint density at radius 3 is 2.71 bits per heavy atom. The molecule has 0 unspecified atom stereocenters. The van der Waals surface area contributed by atoms with Gasteiger partial charge in [-0.15, -0.1) is 0 Å². The molecule has 0 heterocycles. The average Bonchev–Trinajstić information content (AvgIpc) is 2.38. The fourth-order valence-corrected chi connectivity index (χ4v) is 2.46. The van der Waals surface area contributed by atoms with Gasteiger partial charge >= 0.3 is 0 Å². The van der Waals surface area contributed by atoms with Crippen LogP contribution in [0.5, 0.6) is 5.75 Å². The summed E-state index contributed by atoms with van der Waals surface area (Å²) in [6, 6.07) is 7.55. The number of ketones is 1. The smallest absolute Gasteiger partial charge is 0.163 e. The van der Waals surface area contributed by atoms with Gasteiger partial charge in [0.2, 0.25) is 0 Å².